The van der Waals surface area contributed by atoms with Gasteiger partial charge >= 0.3 is 11.9 Å². The van der Waals surface area contributed by atoms with E-state index >= 15 is 0 Å². The third-order valence-electron chi connectivity index (χ3n) is 5.95. The van der Waals surface area contributed by atoms with E-state index in [0.717, 1.165) is 17.8 Å². The molecule has 1 aromatic heterocycles. The third kappa shape index (κ3) is 5.56. The highest BCUT2D eigenvalue weighted by atomic mass is 32.1. The molecule has 10 heteroatoms. The summed E-state index contributed by atoms with van der Waals surface area (Å²) in [5.74, 6) is -1.61. The van der Waals surface area contributed by atoms with E-state index in [1.165, 1.54) is 12.0 Å². The molecule has 0 aliphatic carbocycles. The molecule has 9 nitrogen and oxygen atoms in total. The number of ether oxygens (including phenoxy) is 3. The van der Waals surface area contributed by atoms with Gasteiger partial charge in [0.15, 0.2) is 5.13 Å². The first-order chi connectivity index (χ1) is 18.8. The monoisotopic (exact) mass is 548 g/mol. The van der Waals surface area contributed by atoms with Crippen LogP contribution >= 0.6 is 11.3 Å². The highest BCUT2D eigenvalue weighted by Crippen LogP contribution is 2.44. The first-order valence-corrected chi connectivity index (χ1v) is 13.1. The topological polar surface area (TPSA) is 115 Å². The molecule has 1 amide bonds. The molecule has 1 atom stereocenters. The standard InChI is InChI=1S/C29H28N2O7S/c1-5-14-37-20-12-10-18(11-13-20)24(32)22-23(19-8-7-9-21(16-19)38-15-6-2)31(27(34)25(22)33)29-30-17(3)26(39-29)28(35)36-4/h6-13,16,23,32H,2,5,14-15H2,1,3-4H3. The van der Waals surface area contributed by atoms with E-state index in [1.54, 1.807) is 61.5 Å². The lowest BCUT2D eigenvalue weighted by Crippen LogP contribution is -2.29. The number of carbonyl (C=O) groups excluding carboxylic acids is 3. The second-order valence-electron chi connectivity index (χ2n) is 8.62. The minimum absolute atomic E-state index is 0.115. The normalized spacial score (nSPS) is 16.3. The Hall–Kier alpha value is -4.44. The number of ketones is 1. The fourth-order valence-corrected chi connectivity index (χ4v) is 5.14. The number of methoxy groups -OCH3 is 1. The molecule has 1 saturated heterocycles. The number of benzene rings is 2. The zero-order valence-electron chi connectivity index (χ0n) is 21.8. The predicted octanol–water partition coefficient (Wildman–Crippen LogP) is 5.22. The molecule has 0 spiro atoms. The first-order valence-electron chi connectivity index (χ1n) is 12.2. The van der Waals surface area contributed by atoms with Crippen LogP contribution in [0.15, 0.2) is 66.8 Å². The van der Waals surface area contributed by atoms with Crippen LogP contribution in [0.4, 0.5) is 5.13 Å². The molecule has 1 N–H and O–H groups in total. The highest BCUT2D eigenvalue weighted by molar-refractivity contribution is 7.17. The van der Waals surface area contributed by atoms with Gasteiger partial charge < -0.3 is 19.3 Å². The lowest BCUT2D eigenvalue weighted by atomic mass is 9.95. The minimum Gasteiger partial charge on any atom is -0.507 e. The quantitative estimate of drug-likeness (QED) is 0.121. The predicted molar refractivity (Wildman–Crippen MR) is 147 cm³/mol. The van der Waals surface area contributed by atoms with Gasteiger partial charge in [-0.05, 0) is 55.3 Å². The summed E-state index contributed by atoms with van der Waals surface area (Å²) in [6.45, 7) is 8.06. The summed E-state index contributed by atoms with van der Waals surface area (Å²) < 4.78 is 16.1. The number of nitrogens with zero attached hydrogens (tertiary/aromatic N) is 2. The van der Waals surface area contributed by atoms with Crippen molar-refractivity contribution in [3.05, 3.63) is 88.5 Å². The van der Waals surface area contributed by atoms with Gasteiger partial charge in [-0.15, -0.1) is 0 Å². The molecule has 2 heterocycles. The number of hydrogen-bond donors (Lipinski definition) is 1. The average molecular weight is 549 g/mol. The van der Waals surface area contributed by atoms with Gasteiger partial charge in [0.25, 0.3) is 5.78 Å². The zero-order valence-corrected chi connectivity index (χ0v) is 22.6. The molecule has 1 aliphatic heterocycles. The summed E-state index contributed by atoms with van der Waals surface area (Å²) in [6.07, 6.45) is 2.44. The van der Waals surface area contributed by atoms with E-state index in [4.69, 9.17) is 14.2 Å². The van der Waals surface area contributed by atoms with Crippen molar-refractivity contribution in [2.24, 2.45) is 0 Å². The van der Waals surface area contributed by atoms with E-state index < -0.39 is 23.7 Å². The highest BCUT2D eigenvalue weighted by Gasteiger charge is 2.48. The van der Waals surface area contributed by atoms with Crippen LogP contribution in [-0.2, 0) is 14.3 Å². The van der Waals surface area contributed by atoms with Crippen molar-refractivity contribution in [3.63, 3.8) is 0 Å². The second kappa shape index (κ2) is 12.0. The molecule has 2 aromatic carbocycles. The van der Waals surface area contributed by atoms with Crippen molar-refractivity contribution < 1.29 is 33.7 Å². The molecule has 39 heavy (non-hydrogen) atoms. The number of Topliss-reactive ketones (excluding diaryl/α,β-unsaturated/α-hetero) is 1. The smallest absolute Gasteiger partial charge is 0.350 e. The number of anilines is 1. The number of thiazole rings is 1. The SMILES string of the molecule is C=CCOc1cccc(C2C(=C(O)c3ccc(OCCC)cc3)C(=O)C(=O)N2c2nc(C)c(C(=O)OC)s2)c1. The summed E-state index contributed by atoms with van der Waals surface area (Å²) in [6, 6.07) is 12.4. The fourth-order valence-electron chi connectivity index (χ4n) is 4.13. The van der Waals surface area contributed by atoms with Crippen molar-refractivity contribution >= 4 is 39.9 Å². The van der Waals surface area contributed by atoms with Gasteiger partial charge in [-0.2, -0.15) is 0 Å². The molecule has 1 aliphatic rings. The van der Waals surface area contributed by atoms with Gasteiger partial charge in [0, 0.05) is 5.56 Å². The maximum Gasteiger partial charge on any atom is 0.350 e. The van der Waals surface area contributed by atoms with Gasteiger partial charge in [0.05, 0.1) is 31.0 Å². The molecule has 3 aromatic rings. The first kappa shape index (κ1) is 27.6. The Kier molecular flexibility index (Phi) is 8.46. The molecule has 202 valence electrons. The van der Waals surface area contributed by atoms with Crippen LogP contribution in [0.5, 0.6) is 11.5 Å². The number of aromatic nitrogens is 1. The number of aliphatic hydroxyl groups excluding tert-OH is 1. The average Bonchev–Trinajstić information content (AvgIpc) is 3.46. The maximum absolute atomic E-state index is 13.4. The summed E-state index contributed by atoms with van der Waals surface area (Å²) in [5.41, 5.74) is 1.09. The Morgan fingerprint density at radius 1 is 1.15 bits per heavy atom. The van der Waals surface area contributed by atoms with Crippen LogP contribution in [-0.4, -0.2) is 48.1 Å². The number of amides is 1. The maximum atomic E-state index is 13.4. The third-order valence-corrected chi connectivity index (χ3v) is 7.09. The van der Waals surface area contributed by atoms with E-state index in [2.05, 4.69) is 11.6 Å². The Balaban J connectivity index is 1.87. The summed E-state index contributed by atoms with van der Waals surface area (Å²) in [5, 5.41) is 11.5. The van der Waals surface area contributed by atoms with E-state index in [-0.39, 0.29) is 27.9 Å². The number of hydrogen-bond acceptors (Lipinski definition) is 9. The molecular formula is C29H28N2O7S. The number of rotatable bonds is 10. The molecule has 0 radical (unpaired) electrons. The Morgan fingerprint density at radius 2 is 1.90 bits per heavy atom. The lowest BCUT2D eigenvalue weighted by molar-refractivity contribution is -0.132. The largest absolute Gasteiger partial charge is 0.507 e. The van der Waals surface area contributed by atoms with E-state index in [0.29, 0.717) is 34.9 Å². The molecule has 0 saturated carbocycles. The Morgan fingerprint density at radius 3 is 2.56 bits per heavy atom. The van der Waals surface area contributed by atoms with Crippen LogP contribution in [0.25, 0.3) is 5.76 Å². The van der Waals surface area contributed by atoms with Crippen molar-refractivity contribution in [3.8, 4) is 11.5 Å². The van der Waals surface area contributed by atoms with Crippen molar-refractivity contribution in [2.45, 2.75) is 26.3 Å². The van der Waals surface area contributed by atoms with Crippen molar-refractivity contribution in [1.82, 2.24) is 4.98 Å². The van der Waals surface area contributed by atoms with Crippen LogP contribution in [0.2, 0.25) is 0 Å². The van der Waals surface area contributed by atoms with Gasteiger partial charge in [-0.3, -0.25) is 14.5 Å². The summed E-state index contributed by atoms with van der Waals surface area (Å²) >= 11 is 0.933. The number of esters is 1. The van der Waals surface area contributed by atoms with E-state index in [9.17, 15) is 19.5 Å². The number of carbonyl (C=O) groups is 3. The Labute approximate surface area is 230 Å². The van der Waals surface area contributed by atoms with Crippen LogP contribution in [0, 0.1) is 6.92 Å². The zero-order chi connectivity index (χ0) is 28.1. The molecule has 1 fully saturated rings. The van der Waals surface area contributed by atoms with Crippen molar-refractivity contribution in [1.29, 1.82) is 0 Å². The summed E-state index contributed by atoms with van der Waals surface area (Å²) in [4.78, 5) is 44.9. The summed E-state index contributed by atoms with van der Waals surface area (Å²) in [7, 11) is 1.25. The van der Waals surface area contributed by atoms with Gasteiger partial charge in [-0.25, -0.2) is 9.78 Å². The van der Waals surface area contributed by atoms with Crippen molar-refractivity contribution in [2.75, 3.05) is 25.2 Å². The fraction of sp³-hybridized carbons (Fsp3) is 0.241. The van der Waals surface area contributed by atoms with E-state index in [1.807, 2.05) is 6.92 Å². The van der Waals surface area contributed by atoms with Crippen LogP contribution < -0.4 is 14.4 Å². The second-order valence-corrected chi connectivity index (χ2v) is 9.59. The minimum atomic E-state index is -1.04. The van der Waals surface area contributed by atoms with Gasteiger partial charge in [-0.1, -0.05) is 43.0 Å². The molecule has 1 unspecified atom stereocenters. The van der Waals surface area contributed by atoms with Gasteiger partial charge in [0.1, 0.15) is 28.7 Å². The Bertz CT molecular complexity index is 1440. The molecular weight excluding hydrogens is 520 g/mol. The number of aliphatic hydroxyl groups is 1. The van der Waals surface area contributed by atoms with Crippen LogP contribution in [0.3, 0.4) is 0 Å². The lowest BCUT2D eigenvalue weighted by Gasteiger charge is -2.23. The molecule has 0 bridgehead atoms. The van der Waals surface area contributed by atoms with Crippen LogP contribution in [0.1, 0.15) is 45.9 Å². The number of aryl methyl sites for hydroxylation is 1. The molecule has 4 rings (SSSR count). The van der Waals surface area contributed by atoms with Gasteiger partial charge in [0.2, 0.25) is 0 Å².